The van der Waals surface area contributed by atoms with Gasteiger partial charge in [-0.1, -0.05) is 0 Å². The fourth-order valence-corrected chi connectivity index (χ4v) is 5.02. The Morgan fingerprint density at radius 2 is 2.20 bits per heavy atom. The predicted octanol–water partition coefficient (Wildman–Crippen LogP) is 3.43. The van der Waals surface area contributed by atoms with Gasteiger partial charge in [0.15, 0.2) is 10.7 Å². The molecule has 130 valence electrons. The molecule has 1 aliphatic rings. The Morgan fingerprint density at radius 3 is 2.96 bits per heavy atom. The number of thiophene rings is 1. The topological polar surface area (TPSA) is 54.7 Å². The molecule has 0 radical (unpaired) electrons. The first-order valence-corrected chi connectivity index (χ1v) is 10.1. The molecule has 1 aliphatic heterocycles. The molecule has 4 heterocycles. The molecule has 0 aromatic carbocycles. The lowest BCUT2D eigenvalue weighted by Gasteiger charge is -2.32. The summed E-state index contributed by atoms with van der Waals surface area (Å²) in [4.78, 5) is 33.5. The largest absolute Gasteiger partial charge is 0.342 e. The van der Waals surface area contributed by atoms with E-state index in [0.29, 0.717) is 13.0 Å². The number of amides is 1. The molecule has 1 saturated heterocycles. The number of aryl methyl sites for hydroxylation is 1. The van der Waals surface area contributed by atoms with Crippen LogP contribution in [-0.2, 0) is 11.2 Å². The van der Waals surface area contributed by atoms with E-state index in [1.54, 1.807) is 11.3 Å². The Kier molecular flexibility index (Phi) is 4.43. The molecule has 1 amide bonds. The van der Waals surface area contributed by atoms with Gasteiger partial charge < -0.3 is 4.90 Å². The van der Waals surface area contributed by atoms with E-state index >= 15 is 0 Å². The van der Waals surface area contributed by atoms with Crippen molar-refractivity contribution in [2.45, 2.75) is 26.2 Å². The van der Waals surface area contributed by atoms with Crippen LogP contribution in [0.5, 0.6) is 0 Å². The SMILES string of the molecule is Cc1ccsc1C(=O)C1CCCN(C(=O)Cc2cn3ccsc3n2)C1. The monoisotopic (exact) mass is 373 g/mol. The zero-order valence-corrected chi connectivity index (χ0v) is 15.6. The quantitative estimate of drug-likeness (QED) is 0.659. The molecule has 5 nitrogen and oxygen atoms in total. The van der Waals surface area contributed by atoms with Crippen molar-refractivity contribution in [1.29, 1.82) is 0 Å². The first kappa shape index (κ1) is 16.5. The maximum absolute atomic E-state index is 12.7. The minimum absolute atomic E-state index is 0.0613. The first-order valence-electron chi connectivity index (χ1n) is 8.39. The molecule has 1 atom stereocenters. The van der Waals surface area contributed by atoms with Crippen molar-refractivity contribution >= 4 is 39.3 Å². The van der Waals surface area contributed by atoms with Gasteiger partial charge >= 0.3 is 0 Å². The van der Waals surface area contributed by atoms with Gasteiger partial charge in [0, 0.05) is 36.8 Å². The van der Waals surface area contributed by atoms with Gasteiger partial charge in [0.1, 0.15) is 0 Å². The number of imidazole rings is 1. The molecule has 0 bridgehead atoms. The highest BCUT2D eigenvalue weighted by Crippen LogP contribution is 2.26. The summed E-state index contributed by atoms with van der Waals surface area (Å²) in [5.74, 6) is 0.166. The summed E-state index contributed by atoms with van der Waals surface area (Å²) >= 11 is 3.06. The summed E-state index contributed by atoms with van der Waals surface area (Å²) in [6.45, 7) is 3.23. The van der Waals surface area contributed by atoms with Crippen LogP contribution in [0, 0.1) is 12.8 Å². The lowest BCUT2D eigenvalue weighted by Crippen LogP contribution is -2.43. The van der Waals surface area contributed by atoms with E-state index in [4.69, 9.17) is 0 Å². The number of fused-ring (bicyclic) bond motifs is 1. The lowest BCUT2D eigenvalue weighted by atomic mass is 9.92. The zero-order valence-electron chi connectivity index (χ0n) is 14.0. The van der Waals surface area contributed by atoms with Crippen molar-refractivity contribution in [1.82, 2.24) is 14.3 Å². The van der Waals surface area contributed by atoms with E-state index in [0.717, 1.165) is 40.5 Å². The first-order chi connectivity index (χ1) is 12.1. The fraction of sp³-hybridized carbons (Fsp3) is 0.389. The molecule has 4 rings (SSSR count). The third-order valence-electron chi connectivity index (χ3n) is 4.71. The van der Waals surface area contributed by atoms with Crippen LogP contribution in [0.1, 0.15) is 33.8 Å². The van der Waals surface area contributed by atoms with Gasteiger partial charge in [0.25, 0.3) is 0 Å². The molecule has 0 aliphatic carbocycles. The molecular weight excluding hydrogens is 354 g/mol. The Bertz CT molecular complexity index is 895. The third-order valence-corrected chi connectivity index (χ3v) is 6.51. The number of ketones is 1. The number of hydrogen-bond donors (Lipinski definition) is 0. The molecule has 0 spiro atoms. The second-order valence-corrected chi connectivity index (χ2v) is 8.27. The van der Waals surface area contributed by atoms with Crippen molar-refractivity contribution in [3.05, 3.63) is 45.4 Å². The number of piperidine rings is 1. The second kappa shape index (κ2) is 6.72. The average molecular weight is 374 g/mol. The highest BCUT2D eigenvalue weighted by molar-refractivity contribution is 7.15. The van der Waals surface area contributed by atoms with E-state index < -0.39 is 0 Å². The number of likely N-dealkylation sites (tertiary alicyclic amines) is 1. The molecule has 7 heteroatoms. The highest BCUT2D eigenvalue weighted by atomic mass is 32.1. The van der Waals surface area contributed by atoms with E-state index in [9.17, 15) is 9.59 Å². The van der Waals surface area contributed by atoms with Crippen molar-refractivity contribution in [2.75, 3.05) is 13.1 Å². The van der Waals surface area contributed by atoms with E-state index in [2.05, 4.69) is 4.98 Å². The van der Waals surface area contributed by atoms with Gasteiger partial charge in [0.05, 0.1) is 17.0 Å². The number of aromatic nitrogens is 2. The van der Waals surface area contributed by atoms with Crippen LogP contribution in [0.2, 0.25) is 0 Å². The standard InChI is InChI=1S/C18H19N3O2S2/c1-12-4-7-24-17(12)16(23)13-3-2-5-20(10-13)15(22)9-14-11-21-6-8-25-18(21)19-14/h4,6-8,11,13H,2-3,5,9-10H2,1H3. The number of nitrogens with zero attached hydrogens (tertiary/aromatic N) is 3. The van der Waals surface area contributed by atoms with Crippen LogP contribution in [0.25, 0.3) is 4.96 Å². The van der Waals surface area contributed by atoms with Gasteiger partial charge in [-0.2, -0.15) is 0 Å². The highest BCUT2D eigenvalue weighted by Gasteiger charge is 2.30. The number of thiazole rings is 1. The number of Topliss-reactive ketones (excluding diaryl/α,β-unsaturated/α-hetero) is 1. The van der Waals surface area contributed by atoms with Crippen LogP contribution in [0.15, 0.2) is 29.2 Å². The van der Waals surface area contributed by atoms with Gasteiger partial charge in [-0.25, -0.2) is 4.98 Å². The van der Waals surface area contributed by atoms with Crippen LogP contribution in [-0.4, -0.2) is 39.1 Å². The summed E-state index contributed by atoms with van der Waals surface area (Å²) in [5, 5.41) is 3.93. The van der Waals surface area contributed by atoms with Crippen LogP contribution >= 0.6 is 22.7 Å². The lowest BCUT2D eigenvalue weighted by molar-refractivity contribution is -0.131. The molecular formula is C18H19N3O2S2. The summed E-state index contributed by atoms with van der Waals surface area (Å²) in [7, 11) is 0. The molecule has 1 fully saturated rings. The fourth-order valence-electron chi connectivity index (χ4n) is 3.36. The van der Waals surface area contributed by atoms with E-state index in [1.165, 1.54) is 11.3 Å². The third kappa shape index (κ3) is 3.26. The normalized spacial score (nSPS) is 18.0. The summed E-state index contributed by atoms with van der Waals surface area (Å²) in [5.41, 5.74) is 1.83. The zero-order chi connectivity index (χ0) is 17.4. The van der Waals surface area contributed by atoms with Crippen LogP contribution in [0.4, 0.5) is 0 Å². The maximum atomic E-state index is 12.7. The minimum atomic E-state index is -0.0828. The van der Waals surface area contributed by atoms with Gasteiger partial charge in [0.2, 0.25) is 5.91 Å². The number of hydrogen-bond acceptors (Lipinski definition) is 5. The number of carbonyl (C=O) groups is 2. The van der Waals surface area contributed by atoms with Crippen molar-refractivity contribution in [2.24, 2.45) is 5.92 Å². The van der Waals surface area contributed by atoms with Crippen molar-refractivity contribution in [3.63, 3.8) is 0 Å². The Balaban J connectivity index is 1.43. The maximum Gasteiger partial charge on any atom is 0.228 e. The molecule has 3 aromatic rings. The van der Waals surface area contributed by atoms with Gasteiger partial charge in [-0.3, -0.25) is 14.0 Å². The van der Waals surface area contributed by atoms with E-state index in [1.807, 2.05) is 45.4 Å². The van der Waals surface area contributed by atoms with Gasteiger partial charge in [-0.05, 0) is 36.8 Å². The molecule has 25 heavy (non-hydrogen) atoms. The predicted molar refractivity (Wildman–Crippen MR) is 99.5 cm³/mol. The molecule has 0 saturated carbocycles. The smallest absolute Gasteiger partial charge is 0.228 e. The summed E-state index contributed by atoms with van der Waals surface area (Å²) < 4.78 is 1.94. The molecule has 1 unspecified atom stereocenters. The van der Waals surface area contributed by atoms with Crippen LogP contribution < -0.4 is 0 Å². The number of carbonyl (C=O) groups excluding carboxylic acids is 2. The van der Waals surface area contributed by atoms with Crippen molar-refractivity contribution in [3.8, 4) is 0 Å². The Hall–Kier alpha value is -1.99. The second-order valence-electron chi connectivity index (χ2n) is 6.48. The summed E-state index contributed by atoms with van der Waals surface area (Å²) in [6, 6.07) is 1.98. The Labute approximate surface area is 153 Å². The molecule has 0 N–H and O–H groups in total. The number of rotatable bonds is 4. The Morgan fingerprint density at radius 1 is 1.32 bits per heavy atom. The summed E-state index contributed by atoms with van der Waals surface area (Å²) in [6.07, 6.45) is 5.89. The van der Waals surface area contributed by atoms with E-state index in [-0.39, 0.29) is 17.6 Å². The minimum Gasteiger partial charge on any atom is -0.342 e. The van der Waals surface area contributed by atoms with Crippen molar-refractivity contribution < 1.29 is 9.59 Å². The van der Waals surface area contributed by atoms with Crippen LogP contribution in [0.3, 0.4) is 0 Å². The molecule has 3 aromatic heterocycles. The van der Waals surface area contributed by atoms with Gasteiger partial charge in [-0.15, -0.1) is 22.7 Å². The average Bonchev–Trinajstić information content (AvgIpc) is 3.30.